The van der Waals surface area contributed by atoms with Crippen molar-refractivity contribution in [3.8, 4) is 66.9 Å². The van der Waals surface area contributed by atoms with Crippen molar-refractivity contribution >= 4 is 16.5 Å². The molecule has 2 aliphatic heterocycles. The van der Waals surface area contributed by atoms with Crippen molar-refractivity contribution < 1.29 is 0 Å². The topological polar surface area (TPSA) is 28.2 Å². The molecule has 4 aliphatic rings. The minimum Gasteiger partial charge on any atom is -0.366 e. The SMILES string of the molecule is CCCCCCCCC1(CCCCCCCC)c2ccccc2-c2cc3c(cc21)-c1ccccc1C3(c1ccc(-c2cccc(-c3nccc4ccccc34)c2)cc1)c1ccc(-c2ccc3c(c2)-c2ccccc2C2NC=CN32)cc1. The largest absolute Gasteiger partial charge is 0.366 e. The van der Waals surface area contributed by atoms with Crippen LogP contribution in [0.1, 0.15) is 149 Å². The van der Waals surface area contributed by atoms with Gasteiger partial charge in [-0.25, -0.2) is 0 Å². The molecule has 81 heavy (non-hydrogen) atoms. The van der Waals surface area contributed by atoms with E-state index in [1.54, 1.807) is 11.1 Å². The minimum absolute atomic E-state index is 0.0199. The number of fused-ring (bicyclic) bond motifs is 13. The van der Waals surface area contributed by atoms with Gasteiger partial charge in [0.1, 0.15) is 6.17 Å². The van der Waals surface area contributed by atoms with Crippen LogP contribution >= 0.6 is 0 Å². The summed E-state index contributed by atoms with van der Waals surface area (Å²) >= 11 is 0. The van der Waals surface area contributed by atoms with Crippen molar-refractivity contribution in [2.24, 2.45) is 0 Å². The average Bonchev–Trinajstić information content (AvgIpc) is 3.52. The first kappa shape index (κ1) is 50.9. The molecule has 0 bridgehead atoms. The molecule has 9 aromatic carbocycles. The Morgan fingerprint density at radius 3 is 1.72 bits per heavy atom. The van der Waals surface area contributed by atoms with E-state index in [0.717, 1.165) is 11.3 Å². The number of hydrogen-bond acceptors (Lipinski definition) is 3. The van der Waals surface area contributed by atoms with E-state index in [0.29, 0.717) is 0 Å². The zero-order valence-corrected chi connectivity index (χ0v) is 47.2. The van der Waals surface area contributed by atoms with Crippen LogP contribution in [0, 0.1) is 0 Å². The van der Waals surface area contributed by atoms with Gasteiger partial charge in [0.2, 0.25) is 0 Å². The summed E-state index contributed by atoms with van der Waals surface area (Å²) in [5.74, 6) is 0. The molecule has 0 radical (unpaired) electrons. The molecule has 1 aromatic heterocycles. The second kappa shape index (κ2) is 21.7. The highest BCUT2D eigenvalue weighted by atomic mass is 15.3. The molecule has 0 fully saturated rings. The number of hydrogen-bond donors (Lipinski definition) is 1. The maximum atomic E-state index is 4.93. The number of nitrogens with zero attached hydrogens (tertiary/aromatic N) is 2. The van der Waals surface area contributed by atoms with Crippen molar-refractivity contribution in [1.82, 2.24) is 10.3 Å². The first-order chi connectivity index (χ1) is 40.1. The van der Waals surface area contributed by atoms with Crippen LogP contribution in [0.2, 0.25) is 0 Å². The first-order valence-electron chi connectivity index (χ1n) is 30.6. The third-order valence-corrected chi connectivity index (χ3v) is 19.0. The van der Waals surface area contributed by atoms with Gasteiger partial charge in [-0.05, 0) is 138 Å². The van der Waals surface area contributed by atoms with E-state index >= 15 is 0 Å². The Hall–Kier alpha value is -8.27. The first-order valence-corrected chi connectivity index (χ1v) is 30.6. The van der Waals surface area contributed by atoms with Crippen LogP contribution in [-0.2, 0) is 10.8 Å². The Balaban J connectivity index is 0.920. The van der Waals surface area contributed by atoms with Crippen LogP contribution < -0.4 is 10.2 Å². The zero-order valence-electron chi connectivity index (χ0n) is 47.2. The summed E-state index contributed by atoms with van der Waals surface area (Å²) in [6, 6.07) is 79.3. The van der Waals surface area contributed by atoms with Gasteiger partial charge < -0.3 is 10.2 Å². The molecule has 3 heterocycles. The van der Waals surface area contributed by atoms with Gasteiger partial charge in [0.25, 0.3) is 0 Å². The van der Waals surface area contributed by atoms with E-state index in [4.69, 9.17) is 4.98 Å². The molecular formula is C78H73N3. The lowest BCUT2D eigenvalue weighted by atomic mass is 9.66. The van der Waals surface area contributed by atoms with Crippen LogP contribution in [0.4, 0.5) is 5.69 Å². The van der Waals surface area contributed by atoms with Gasteiger partial charge in [-0.15, -0.1) is 0 Å². The van der Waals surface area contributed by atoms with Crippen molar-refractivity contribution in [1.29, 1.82) is 0 Å². The fourth-order valence-electron chi connectivity index (χ4n) is 15.1. The van der Waals surface area contributed by atoms with Crippen molar-refractivity contribution in [2.75, 3.05) is 4.90 Å². The summed E-state index contributed by atoms with van der Waals surface area (Å²) in [7, 11) is 0. The zero-order chi connectivity index (χ0) is 54.3. The predicted molar refractivity (Wildman–Crippen MR) is 340 cm³/mol. The van der Waals surface area contributed by atoms with Crippen LogP contribution in [0.5, 0.6) is 0 Å². The number of unbranched alkanes of at least 4 members (excludes halogenated alkanes) is 10. The van der Waals surface area contributed by atoms with Crippen LogP contribution in [0.25, 0.3) is 77.7 Å². The number of anilines is 1. The van der Waals surface area contributed by atoms with Gasteiger partial charge in [-0.1, -0.05) is 261 Å². The molecular weight excluding hydrogens is 979 g/mol. The molecule has 0 spiro atoms. The molecule has 2 aliphatic carbocycles. The molecule has 0 amide bonds. The van der Waals surface area contributed by atoms with Gasteiger partial charge in [0.15, 0.2) is 0 Å². The van der Waals surface area contributed by atoms with E-state index in [2.05, 4.69) is 243 Å². The molecule has 0 saturated heterocycles. The Morgan fingerprint density at radius 1 is 0.420 bits per heavy atom. The fourth-order valence-corrected chi connectivity index (χ4v) is 15.1. The lowest BCUT2D eigenvalue weighted by molar-refractivity contribution is 0.398. The number of aromatic nitrogens is 1. The minimum atomic E-state index is -0.593. The molecule has 3 nitrogen and oxygen atoms in total. The smallest absolute Gasteiger partial charge is 0.130 e. The highest BCUT2D eigenvalue weighted by molar-refractivity contribution is 5.96. The van der Waals surface area contributed by atoms with E-state index < -0.39 is 5.41 Å². The van der Waals surface area contributed by atoms with Crippen LogP contribution in [0.15, 0.2) is 225 Å². The molecule has 10 aromatic rings. The molecule has 14 rings (SSSR count). The lowest BCUT2D eigenvalue weighted by Crippen LogP contribution is -2.30. The maximum absolute atomic E-state index is 4.93. The van der Waals surface area contributed by atoms with Gasteiger partial charge in [-0.3, -0.25) is 4.98 Å². The standard InChI is InChI=1S/C78H73N3/c1-3-5-7-9-11-21-45-77(46-22-12-10-8-6-4-2)70-32-19-17-29-64(70)67-53-73-68(52-72(67)77)65-30-18-20-33-71(65)78(73,60-39-34-54(35-40-60)57-25-23-26-59(50-57)75-62-27-14-13-24-56(62)44-47-79-75)61-41-36-55(37-42-61)58-38-43-74-69(51-58)63-28-15-16-31-66(63)76-80-48-49-81(74)76/h13-20,23-44,47-53,76,80H,3-12,21-22,45-46H2,1-2H3. The quantitative estimate of drug-likeness (QED) is 0.0818. The molecule has 400 valence electrons. The predicted octanol–water partition coefficient (Wildman–Crippen LogP) is 20.9. The summed E-state index contributed by atoms with van der Waals surface area (Å²) in [6.07, 6.45) is 24.4. The molecule has 2 atom stereocenters. The van der Waals surface area contributed by atoms with Gasteiger partial charge in [-0.2, -0.15) is 0 Å². The van der Waals surface area contributed by atoms with Crippen LogP contribution in [-0.4, -0.2) is 4.98 Å². The molecule has 1 N–H and O–H groups in total. The second-order valence-electron chi connectivity index (χ2n) is 23.6. The molecule has 3 heteroatoms. The van der Waals surface area contributed by atoms with Gasteiger partial charge in [0.05, 0.1) is 16.8 Å². The fraction of sp³-hybridized carbons (Fsp3) is 0.244. The number of benzene rings is 9. The second-order valence-corrected chi connectivity index (χ2v) is 23.6. The summed E-state index contributed by atoms with van der Waals surface area (Å²) in [5, 5.41) is 5.96. The molecule has 2 unspecified atom stereocenters. The van der Waals surface area contributed by atoms with Crippen molar-refractivity contribution in [2.45, 2.75) is 121 Å². The Kier molecular flexibility index (Phi) is 13.6. The third kappa shape index (κ3) is 8.66. The van der Waals surface area contributed by atoms with Crippen LogP contribution in [0.3, 0.4) is 0 Å². The average molecular weight is 1050 g/mol. The Bertz CT molecular complexity index is 3950. The third-order valence-electron chi connectivity index (χ3n) is 19.0. The summed E-state index contributed by atoms with van der Waals surface area (Å²) < 4.78 is 0. The van der Waals surface area contributed by atoms with Gasteiger partial charge in [0, 0.05) is 46.1 Å². The van der Waals surface area contributed by atoms with Crippen molar-refractivity contribution in [3.05, 3.63) is 264 Å². The lowest BCUT2D eigenvalue weighted by Gasteiger charge is -2.35. The number of rotatable bonds is 19. The van der Waals surface area contributed by atoms with E-state index in [1.165, 1.54) is 190 Å². The van der Waals surface area contributed by atoms with E-state index in [9.17, 15) is 0 Å². The maximum Gasteiger partial charge on any atom is 0.130 e. The normalized spacial score (nSPS) is 16.5. The summed E-state index contributed by atoms with van der Waals surface area (Å²) in [4.78, 5) is 7.30. The van der Waals surface area contributed by atoms with E-state index in [-0.39, 0.29) is 11.6 Å². The molecule has 0 saturated carbocycles. The number of nitrogens with one attached hydrogen (secondary N) is 1. The van der Waals surface area contributed by atoms with E-state index in [1.807, 2.05) is 6.20 Å². The highest BCUT2D eigenvalue weighted by Gasteiger charge is 2.50. The number of pyridine rings is 1. The highest BCUT2D eigenvalue weighted by Crippen LogP contribution is 2.62. The summed E-state index contributed by atoms with van der Waals surface area (Å²) in [6.45, 7) is 4.66. The monoisotopic (exact) mass is 1050 g/mol. The summed E-state index contributed by atoms with van der Waals surface area (Å²) in [5.41, 5.74) is 25.4. The Morgan fingerprint density at radius 2 is 0.988 bits per heavy atom. The van der Waals surface area contributed by atoms with Gasteiger partial charge >= 0.3 is 0 Å². The Labute approximate surface area is 480 Å². The van der Waals surface area contributed by atoms with Crippen molar-refractivity contribution in [3.63, 3.8) is 0 Å².